The van der Waals surface area contributed by atoms with E-state index in [-0.39, 0.29) is 31.0 Å². The molecule has 3 heterocycles. The number of rotatable bonds is 6. The van der Waals surface area contributed by atoms with Crippen molar-refractivity contribution >= 4 is 5.91 Å². The first-order valence-corrected chi connectivity index (χ1v) is 8.79. The van der Waals surface area contributed by atoms with Gasteiger partial charge in [0.15, 0.2) is 0 Å². The minimum absolute atomic E-state index is 0.0263. The van der Waals surface area contributed by atoms with Crippen molar-refractivity contribution in [1.29, 1.82) is 0 Å². The normalized spacial score (nSPS) is 26.6. The summed E-state index contributed by atoms with van der Waals surface area (Å²) in [6, 6.07) is 1.32. The molecule has 1 atom stereocenters. The third-order valence-corrected chi connectivity index (χ3v) is 5.23. The van der Waals surface area contributed by atoms with E-state index >= 15 is 0 Å². The Kier molecular flexibility index (Phi) is 4.41. The molecule has 2 saturated heterocycles. The molecule has 25 heavy (non-hydrogen) atoms. The molecule has 0 aromatic carbocycles. The molecule has 8 heteroatoms. The molecule has 2 aliphatic heterocycles. The molecule has 1 amide bonds. The van der Waals surface area contributed by atoms with Crippen LogP contribution in [0.1, 0.15) is 29.6 Å². The first-order valence-electron chi connectivity index (χ1n) is 8.79. The van der Waals surface area contributed by atoms with E-state index in [0.29, 0.717) is 37.8 Å². The summed E-state index contributed by atoms with van der Waals surface area (Å²) in [6.45, 7) is 1.73. The van der Waals surface area contributed by atoms with Crippen molar-refractivity contribution in [3.63, 3.8) is 0 Å². The lowest BCUT2D eigenvalue weighted by Crippen LogP contribution is -2.62. The van der Waals surface area contributed by atoms with E-state index in [1.54, 1.807) is 11.0 Å². The number of carbonyl (C=O) groups excluding carboxylic acids is 1. The first-order chi connectivity index (χ1) is 12.0. The quantitative estimate of drug-likeness (QED) is 0.775. The predicted molar refractivity (Wildman–Crippen MR) is 85.3 cm³/mol. The number of alkyl halides is 2. The highest BCUT2D eigenvalue weighted by molar-refractivity contribution is 5.94. The van der Waals surface area contributed by atoms with Crippen LogP contribution >= 0.6 is 0 Å². The number of aromatic nitrogens is 2. The molecule has 3 aliphatic rings. The van der Waals surface area contributed by atoms with Crippen LogP contribution in [-0.2, 0) is 4.74 Å². The Bertz CT molecular complexity index is 620. The minimum Gasteiger partial charge on any atom is -0.380 e. The van der Waals surface area contributed by atoms with Crippen molar-refractivity contribution in [2.45, 2.75) is 37.3 Å². The number of likely N-dealkylation sites (tertiary alicyclic amines) is 2. The van der Waals surface area contributed by atoms with Gasteiger partial charge >= 0.3 is 0 Å². The monoisotopic (exact) mass is 352 g/mol. The Balaban J connectivity index is 1.32. The van der Waals surface area contributed by atoms with E-state index in [1.807, 2.05) is 4.90 Å². The molecule has 0 N–H and O–H groups in total. The third kappa shape index (κ3) is 3.79. The van der Waals surface area contributed by atoms with E-state index in [2.05, 4.69) is 10.2 Å². The van der Waals surface area contributed by atoms with Crippen LogP contribution in [0.5, 0.6) is 0 Å². The van der Waals surface area contributed by atoms with Crippen molar-refractivity contribution in [3.8, 4) is 0 Å². The van der Waals surface area contributed by atoms with Crippen molar-refractivity contribution in [3.05, 3.63) is 24.0 Å². The van der Waals surface area contributed by atoms with Gasteiger partial charge in [0.2, 0.25) is 0 Å². The van der Waals surface area contributed by atoms with Gasteiger partial charge in [-0.15, -0.1) is 0 Å². The van der Waals surface area contributed by atoms with Crippen LogP contribution in [0.25, 0.3) is 0 Å². The Morgan fingerprint density at radius 3 is 2.76 bits per heavy atom. The van der Waals surface area contributed by atoms with Gasteiger partial charge in [0.1, 0.15) is 0 Å². The van der Waals surface area contributed by atoms with Crippen LogP contribution in [0.4, 0.5) is 8.78 Å². The summed E-state index contributed by atoms with van der Waals surface area (Å²) >= 11 is 0. The summed E-state index contributed by atoms with van der Waals surface area (Å²) in [6.07, 6.45) is 5.12. The molecule has 1 aromatic rings. The molecule has 0 unspecified atom stereocenters. The van der Waals surface area contributed by atoms with Gasteiger partial charge in [-0.25, -0.2) is 8.78 Å². The number of nitrogens with zero attached hydrogens (tertiary/aromatic N) is 4. The summed E-state index contributed by atoms with van der Waals surface area (Å²) in [5, 5.41) is 7.36. The highest BCUT2D eigenvalue weighted by Crippen LogP contribution is 2.36. The highest BCUT2D eigenvalue weighted by Gasteiger charge is 2.50. The van der Waals surface area contributed by atoms with Crippen LogP contribution < -0.4 is 0 Å². The van der Waals surface area contributed by atoms with Crippen LogP contribution in [-0.4, -0.2) is 76.8 Å². The van der Waals surface area contributed by atoms with Crippen molar-refractivity contribution in [2.75, 3.05) is 32.8 Å². The number of ether oxygens (including phenoxy) is 1. The van der Waals surface area contributed by atoms with Gasteiger partial charge in [0.25, 0.3) is 11.8 Å². The largest absolute Gasteiger partial charge is 0.380 e. The Labute approximate surface area is 145 Å². The fourth-order valence-electron chi connectivity index (χ4n) is 3.59. The Morgan fingerprint density at radius 1 is 1.28 bits per heavy atom. The zero-order valence-corrected chi connectivity index (χ0v) is 14.0. The number of amides is 1. The van der Waals surface area contributed by atoms with E-state index in [1.165, 1.54) is 25.2 Å². The van der Waals surface area contributed by atoms with E-state index in [0.717, 1.165) is 0 Å². The number of hydrogen-bond acceptors (Lipinski definition) is 5. The summed E-state index contributed by atoms with van der Waals surface area (Å²) in [5.74, 6) is -2.17. The Morgan fingerprint density at radius 2 is 2.08 bits per heavy atom. The average Bonchev–Trinajstić information content (AvgIpc) is 3.31. The first kappa shape index (κ1) is 16.8. The van der Waals surface area contributed by atoms with Crippen molar-refractivity contribution < 1.29 is 18.3 Å². The topological polar surface area (TPSA) is 58.6 Å². The lowest BCUT2D eigenvalue weighted by Gasteiger charge is -2.45. The fraction of sp³-hybridized carbons (Fsp3) is 0.706. The number of halogens is 2. The molecule has 0 radical (unpaired) electrons. The molecule has 1 saturated carbocycles. The van der Waals surface area contributed by atoms with Crippen LogP contribution in [0.15, 0.2) is 18.5 Å². The second-order valence-electron chi connectivity index (χ2n) is 7.36. The lowest BCUT2D eigenvalue weighted by molar-refractivity contribution is -0.0157. The van der Waals surface area contributed by atoms with Gasteiger partial charge in [0.05, 0.1) is 31.1 Å². The van der Waals surface area contributed by atoms with Crippen molar-refractivity contribution in [1.82, 2.24) is 20.0 Å². The van der Waals surface area contributed by atoms with E-state index < -0.39 is 5.92 Å². The van der Waals surface area contributed by atoms with Gasteiger partial charge in [-0.1, -0.05) is 0 Å². The molecule has 0 spiro atoms. The van der Waals surface area contributed by atoms with Crippen LogP contribution in [0.3, 0.4) is 0 Å². The molecule has 1 aliphatic carbocycles. The SMILES string of the molecule is O=C(c1ccnnc1)N1CC(N2CC(F)(F)C[C@H]2COCC2CC2)C1. The van der Waals surface area contributed by atoms with E-state index in [9.17, 15) is 13.6 Å². The molecule has 0 bridgehead atoms. The van der Waals surface area contributed by atoms with Crippen molar-refractivity contribution in [2.24, 2.45) is 5.92 Å². The minimum atomic E-state index is -2.67. The van der Waals surface area contributed by atoms with Gasteiger partial charge in [0, 0.05) is 38.2 Å². The van der Waals surface area contributed by atoms with Crippen LogP contribution in [0.2, 0.25) is 0 Å². The smallest absolute Gasteiger partial charge is 0.262 e. The second-order valence-corrected chi connectivity index (χ2v) is 7.36. The molecule has 1 aromatic heterocycles. The highest BCUT2D eigenvalue weighted by atomic mass is 19.3. The second kappa shape index (κ2) is 6.57. The Hall–Kier alpha value is -1.67. The maximum Gasteiger partial charge on any atom is 0.262 e. The number of carbonyl (C=O) groups is 1. The average molecular weight is 352 g/mol. The fourth-order valence-corrected chi connectivity index (χ4v) is 3.59. The van der Waals surface area contributed by atoms with Gasteiger partial charge < -0.3 is 9.64 Å². The predicted octanol–water partition coefficient (Wildman–Crippen LogP) is 1.44. The third-order valence-electron chi connectivity index (χ3n) is 5.23. The maximum absolute atomic E-state index is 13.9. The molecular formula is C17H22F2N4O2. The maximum atomic E-state index is 13.9. The van der Waals surface area contributed by atoms with E-state index in [4.69, 9.17) is 4.74 Å². The summed E-state index contributed by atoms with van der Waals surface area (Å²) < 4.78 is 33.4. The van der Waals surface area contributed by atoms with Crippen LogP contribution in [0, 0.1) is 5.92 Å². The zero-order valence-electron chi connectivity index (χ0n) is 14.0. The molecule has 4 rings (SSSR count). The summed E-state index contributed by atoms with van der Waals surface area (Å²) in [5.41, 5.74) is 0.476. The standard InChI is InChI=1S/C17H22F2N4O2/c18-17(19)5-14(10-25-9-12-1-2-12)23(11-17)15-7-22(8-15)16(24)13-3-4-20-21-6-13/h3-4,6,12,14-15H,1-2,5,7-11H2/t14-/m0/s1. The molecule has 3 fully saturated rings. The van der Waals surface area contributed by atoms with Gasteiger partial charge in [-0.2, -0.15) is 10.2 Å². The summed E-state index contributed by atoms with van der Waals surface area (Å²) in [4.78, 5) is 15.8. The lowest BCUT2D eigenvalue weighted by atomic mass is 10.0. The summed E-state index contributed by atoms with van der Waals surface area (Å²) in [7, 11) is 0. The molecule has 6 nitrogen and oxygen atoms in total. The zero-order chi connectivity index (χ0) is 17.4. The number of hydrogen-bond donors (Lipinski definition) is 0. The van der Waals surface area contributed by atoms with Gasteiger partial charge in [-0.05, 0) is 24.8 Å². The van der Waals surface area contributed by atoms with Gasteiger partial charge in [-0.3, -0.25) is 9.69 Å². The molecule has 136 valence electrons. The molecular weight excluding hydrogens is 330 g/mol.